The number of hydrogen-bond donors (Lipinski definition) is 0. The highest BCUT2D eigenvalue weighted by Crippen LogP contribution is 2.67. The molecule has 4 bridgehead atoms. The average Bonchev–Trinajstić information content (AvgIpc) is 4.03. The van der Waals surface area contributed by atoms with Crippen molar-refractivity contribution in [2.75, 3.05) is 4.90 Å². The van der Waals surface area contributed by atoms with Crippen molar-refractivity contribution in [3.63, 3.8) is 0 Å². The van der Waals surface area contributed by atoms with Crippen LogP contribution in [0.5, 0.6) is 0 Å². The minimum atomic E-state index is -0.0754. The third kappa shape index (κ3) is 4.19. The summed E-state index contributed by atoms with van der Waals surface area (Å²) in [6.45, 7) is 9.98. The number of benzene rings is 6. The molecule has 8 atom stereocenters. The quantitative estimate of drug-likeness (QED) is 0.174. The summed E-state index contributed by atoms with van der Waals surface area (Å²) < 4.78 is 0. The van der Waals surface area contributed by atoms with Crippen LogP contribution in [0.15, 0.2) is 127 Å². The molecular weight excluding hydrogens is 699 g/mol. The van der Waals surface area contributed by atoms with Crippen molar-refractivity contribution in [2.45, 2.75) is 95.3 Å². The number of rotatable bonds is 3. The lowest BCUT2D eigenvalue weighted by atomic mass is 9.49. The maximum absolute atomic E-state index is 2.68. The fraction of sp³-hybridized carbons (Fsp3) is 0.368. The first-order valence-corrected chi connectivity index (χ1v) is 22.8. The van der Waals surface area contributed by atoms with Crippen LogP contribution in [0.25, 0.3) is 33.4 Å². The van der Waals surface area contributed by atoms with E-state index in [4.69, 9.17) is 0 Å². The topological polar surface area (TPSA) is 3.24 Å². The van der Waals surface area contributed by atoms with Gasteiger partial charge in [0.1, 0.15) is 0 Å². The zero-order valence-electron chi connectivity index (χ0n) is 34.7. The highest BCUT2D eigenvalue weighted by atomic mass is 15.1. The average molecular weight is 754 g/mol. The van der Waals surface area contributed by atoms with Gasteiger partial charge in [-0.1, -0.05) is 125 Å². The smallest absolute Gasteiger partial charge is 0.0468 e. The molecule has 288 valence electrons. The van der Waals surface area contributed by atoms with Crippen molar-refractivity contribution in [1.82, 2.24) is 0 Å². The molecule has 4 fully saturated rings. The first-order chi connectivity index (χ1) is 28.3. The van der Waals surface area contributed by atoms with Crippen molar-refractivity contribution in [3.8, 4) is 33.4 Å². The van der Waals surface area contributed by atoms with E-state index in [1.807, 2.05) is 0 Å². The van der Waals surface area contributed by atoms with Gasteiger partial charge in [0.15, 0.2) is 0 Å². The van der Waals surface area contributed by atoms with E-state index in [0.29, 0.717) is 11.8 Å². The van der Waals surface area contributed by atoms with E-state index >= 15 is 0 Å². The summed E-state index contributed by atoms with van der Waals surface area (Å²) in [6.07, 6.45) is 10.9. The predicted molar refractivity (Wildman–Crippen MR) is 240 cm³/mol. The third-order valence-electron chi connectivity index (χ3n) is 17.6. The summed E-state index contributed by atoms with van der Waals surface area (Å²) >= 11 is 0. The lowest BCUT2D eigenvalue weighted by Crippen LogP contribution is -2.49. The number of fused-ring (bicyclic) bond motifs is 19. The second-order valence-corrected chi connectivity index (χ2v) is 20.7. The van der Waals surface area contributed by atoms with Gasteiger partial charge < -0.3 is 4.90 Å². The van der Waals surface area contributed by atoms with Gasteiger partial charge >= 0.3 is 0 Å². The molecule has 1 heteroatoms. The Morgan fingerprint density at radius 1 is 0.448 bits per heavy atom. The first kappa shape index (κ1) is 34.0. The molecule has 7 aliphatic rings. The fourth-order valence-corrected chi connectivity index (χ4v) is 15.6. The van der Waals surface area contributed by atoms with Crippen LogP contribution in [0.3, 0.4) is 0 Å². The minimum absolute atomic E-state index is 0.0470. The monoisotopic (exact) mass is 753 g/mol. The van der Waals surface area contributed by atoms with Gasteiger partial charge in [0.05, 0.1) is 0 Å². The van der Waals surface area contributed by atoms with Gasteiger partial charge in [-0.2, -0.15) is 0 Å². The molecule has 0 saturated heterocycles. The number of hydrogen-bond acceptors (Lipinski definition) is 1. The molecule has 0 aromatic heterocycles. The van der Waals surface area contributed by atoms with Gasteiger partial charge in [-0.3, -0.25) is 0 Å². The Morgan fingerprint density at radius 2 is 1.02 bits per heavy atom. The van der Waals surface area contributed by atoms with Gasteiger partial charge in [-0.15, -0.1) is 0 Å². The molecule has 4 saturated carbocycles. The Morgan fingerprint density at radius 3 is 1.74 bits per heavy atom. The van der Waals surface area contributed by atoms with Crippen LogP contribution in [0.4, 0.5) is 17.1 Å². The largest absolute Gasteiger partial charge is 0.310 e. The van der Waals surface area contributed by atoms with E-state index in [1.54, 1.807) is 22.3 Å². The molecule has 2 unspecified atom stereocenters. The van der Waals surface area contributed by atoms with Crippen molar-refractivity contribution in [1.29, 1.82) is 0 Å². The van der Waals surface area contributed by atoms with Gasteiger partial charge in [0, 0.05) is 33.3 Å². The minimum Gasteiger partial charge on any atom is -0.310 e. The van der Waals surface area contributed by atoms with Crippen LogP contribution in [0.2, 0.25) is 0 Å². The summed E-state index contributed by atoms with van der Waals surface area (Å²) in [5.41, 5.74) is 21.8. The van der Waals surface area contributed by atoms with Crippen LogP contribution in [-0.4, -0.2) is 0 Å². The second kappa shape index (κ2) is 11.7. The second-order valence-electron chi connectivity index (χ2n) is 20.7. The Balaban J connectivity index is 1.03. The molecule has 1 nitrogen and oxygen atoms in total. The molecular formula is C57H55N. The molecule has 0 aliphatic heterocycles. The Bertz CT molecular complexity index is 2710. The van der Waals surface area contributed by atoms with Gasteiger partial charge in [0.25, 0.3) is 0 Å². The van der Waals surface area contributed by atoms with Gasteiger partial charge in [-0.05, 0) is 184 Å². The molecule has 0 radical (unpaired) electrons. The van der Waals surface area contributed by atoms with Crippen LogP contribution < -0.4 is 4.90 Å². The van der Waals surface area contributed by atoms with Crippen molar-refractivity contribution >= 4 is 17.1 Å². The summed E-state index contributed by atoms with van der Waals surface area (Å²) in [7, 11) is 0. The number of nitrogens with zero attached hydrogens (tertiary/aromatic N) is 1. The van der Waals surface area contributed by atoms with Crippen LogP contribution in [0, 0.1) is 35.5 Å². The van der Waals surface area contributed by atoms with Crippen molar-refractivity contribution in [3.05, 3.63) is 161 Å². The lowest BCUT2D eigenvalue weighted by molar-refractivity contribution is 0.0426. The van der Waals surface area contributed by atoms with E-state index in [-0.39, 0.29) is 16.2 Å². The highest BCUT2D eigenvalue weighted by Gasteiger charge is 2.58. The normalized spacial score (nSPS) is 30.8. The van der Waals surface area contributed by atoms with Gasteiger partial charge in [-0.25, -0.2) is 0 Å². The van der Waals surface area contributed by atoms with Crippen LogP contribution in [-0.2, 0) is 16.2 Å². The summed E-state index contributed by atoms with van der Waals surface area (Å²) in [4.78, 5) is 2.64. The highest BCUT2D eigenvalue weighted by molar-refractivity contribution is 5.91. The van der Waals surface area contributed by atoms with Crippen molar-refractivity contribution in [2.24, 2.45) is 35.5 Å². The maximum atomic E-state index is 2.68. The lowest BCUT2D eigenvalue weighted by Gasteiger charge is -2.54. The van der Waals surface area contributed by atoms with Crippen LogP contribution in [0.1, 0.15) is 112 Å². The standard InChI is InChI=1S/C57H55N/c1-34-25-37-27-35(2)57(39(26-34)29-37)52-16-10-7-12-44(52)47-23-20-42(32-54(47)57)58(41-19-22-46-43-11-5-8-14-49(43)55(3,4)53(46)31-41)40-21-24-51-48(30-40)45-13-6-9-15-50(45)56(51)33-36-17-18-38(56)28-36/h5-16,19-24,30-32,34-39H,17-18,25-29,33H2,1-4H3/t34-,35+,36?,37?,38+,39+,56+,57-/m1/s1. The van der Waals surface area contributed by atoms with Gasteiger partial charge in [0.2, 0.25) is 0 Å². The summed E-state index contributed by atoms with van der Waals surface area (Å²) in [5.74, 6) is 4.55. The third-order valence-corrected chi connectivity index (χ3v) is 17.6. The molecule has 13 rings (SSSR count). The predicted octanol–water partition coefficient (Wildman–Crippen LogP) is 14.9. The Hall–Kier alpha value is -4.88. The molecule has 0 amide bonds. The molecule has 2 spiro atoms. The molecule has 6 aromatic rings. The Kier molecular flexibility index (Phi) is 6.84. The zero-order chi connectivity index (χ0) is 38.7. The zero-order valence-corrected chi connectivity index (χ0v) is 34.7. The van der Waals surface area contributed by atoms with E-state index in [0.717, 1.165) is 23.7 Å². The van der Waals surface area contributed by atoms with E-state index < -0.39 is 0 Å². The summed E-state index contributed by atoms with van der Waals surface area (Å²) in [5, 5.41) is 0. The Labute approximate surface area is 345 Å². The molecule has 6 aromatic carbocycles. The fourth-order valence-electron chi connectivity index (χ4n) is 15.6. The van der Waals surface area contributed by atoms with Crippen LogP contribution >= 0.6 is 0 Å². The molecule has 7 aliphatic carbocycles. The summed E-state index contributed by atoms with van der Waals surface area (Å²) in [6, 6.07) is 50.8. The maximum Gasteiger partial charge on any atom is 0.0468 e. The molecule has 0 N–H and O–H groups in total. The molecule has 0 heterocycles. The molecule has 58 heavy (non-hydrogen) atoms. The first-order valence-electron chi connectivity index (χ1n) is 22.8. The SMILES string of the molecule is C[C@@H]1CC2C[C@H](C1)[C@@]1(c3ccccc3-c3ccc(N(c4ccc5c(c4)-c4ccccc4[C@@]54CC5CC[C@H]4C5)c4ccc5c(c4)C(C)(C)c4ccccc4-5)cc31)[C@@H](C)C2. The van der Waals surface area contributed by atoms with Crippen molar-refractivity contribution < 1.29 is 0 Å². The van der Waals surface area contributed by atoms with E-state index in [9.17, 15) is 0 Å². The van der Waals surface area contributed by atoms with E-state index in [1.165, 1.54) is 113 Å². The number of anilines is 3. The van der Waals surface area contributed by atoms with E-state index in [2.05, 4.69) is 160 Å².